The third kappa shape index (κ3) is 7.30. The van der Waals surface area contributed by atoms with Crippen molar-refractivity contribution < 1.29 is 12.6 Å². The third-order valence-corrected chi connectivity index (χ3v) is 5.57. The lowest BCUT2D eigenvalue weighted by molar-refractivity contribution is 0.452. The fraction of sp³-hybridized carbons (Fsp3) is 0.667. The number of para-hydroxylation sites is 1. The molecule has 0 aliphatic carbocycles. The number of benzene rings is 1. The van der Waals surface area contributed by atoms with Gasteiger partial charge in [-0.25, -0.2) is 0 Å². The predicted molar refractivity (Wildman–Crippen MR) is 92.7 cm³/mol. The molecule has 4 heteroatoms. The van der Waals surface area contributed by atoms with E-state index < -0.39 is 10.1 Å². The predicted octanol–water partition coefficient (Wildman–Crippen LogP) is 5.31. The first-order chi connectivity index (χ1) is 10.6. The van der Waals surface area contributed by atoms with Crippen LogP contribution in [0.1, 0.15) is 71.6 Å². The van der Waals surface area contributed by atoms with E-state index in [1.807, 2.05) is 13.0 Å². The van der Waals surface area contributed by atoms with Gasteiger partial charge in [0.15, 0.2) is 0 Å². The van der Waals surface area contributed by atoms with Crippen LogP contribution < -0.4 is 4.18 Å². The van der Waals surface area contributed by atoms with Crippen molar-refractivity contribution in [2.45, 2.75) is 76.9 Å². The van der Waals surface area contributed by atoms with Gasteiger partial charge in [0.1, 0.15) is 5.75 Å². The number of rotatable bonds is 12. The van der Waals surface area contributed by atoms with Crippen LogP contribution in [0.2, 0.25) is 0 Å². The summed E-state index contributed by atoms with van der Waals surface area (Å²) < 4.78 is 30.2. The molecule has 3 nitrogen and oxygen atoms in total. The lowest BCUT2D eigenvalue weighted by Gasteiger charge is -2.17. The van der Waals surface area contributed by atoms with Gasteiger partial charge in [0, 0.05) is 0 Å². The first kappa shape index (κ1) is 19.0. The molecule has 0 saturated carbocycles. The number of hydrogen-bond acceptors (Lipinski definition) is 3. The van der Waals surface area contributed by atoms with Gasteiger partial charge in [0.05, 0.1) is 5.25 Å². The summed E-state index contributed by atoms with van der Waals surface area (Å²) in [7, 11) is -3.53. The molecule has 1 rings (SSSR count). The lowest BCUT2D eigenvalue weighted by atomic mass is 10.1. The minimum atomic E-state index is -3.53. The molecule has 22 heavy (non-hydrogen) atoms. The molecule has 0 spiro atoms. The van der Waals surface area contributed by atoms with Gasteiger partial charge in [-0.2, -0.15) is 8.42 Å². The highest BCUT2D eigenvalue weighted by Gasteiger charge is 2.26. The monoisotopic (exact) mass is 326 g/mol. The molecule has 0 N–H and O–H groups in total. The third-order valence-electron chi connectivity index (χ3n) is 3.85. The quantitative estimate of drug-likeness (QED) is 0.386. The summed E-state index contributed by atoms with van der Waals surface area (Å²) in [4.78, 5) is 0. The highest BCUT2D eigenvalue weighted by Crippen LogP contribution is 2.21. The van der Waals surface area contributed by atoms with Crippen molar-refractivity contribution in [1.29, 1.82) is 0 Å². The van der Waals surface area contributed by atoms with Gasteiger partial charge >= 0.3 is 10.1 Å². The zero-order chi connectivity index (χ0) is 16.3. The Bertz CT molecular complexity index is 482. The van der Waals surface area contributed by atoms with Gasteiger partial charge in [0.25, 0.3) is 0 Å². The van der Waals surface area contributed by atoms with E-state index >= 15 is 0 Å². The van der Waals surface area contributed by atoms with Crippen molar-refractivity contribution in [1.82, 2.24) is 0 Å². The standard InChI is InChI=1S/C18H30O3S/c1-3-5-6-7-8-12-16-18(13-4-2)22(19,20)21-17-14-10-9-11-15-17/h9-11,14-15,18H,3-8,12-13,16H2,1-2H3. The van der Waals surface area contributed by atoms with Crippen LogP contribution in [0.3, 0.4) is 0 Å². The van der Waals surface area contributed by atoms with Crippen molar-refractivity contribution in [2.75, 3.05) is 0 Å². The Hall–Kier alpha value is -1.03. The Morgan fingerprint density at radius 1 is 0.864 bits per heavy atom. The zero-order valence-corrected chi connectivity index (χ0v) is 14.8. The Labute approximate surface area is 136 Å². The van der Waals surface area contributed by atoms with Crippen molar-refractivity contribution in [2.24, 2.45) is 0 Å². The molecule has 0 aromatic heterocycles. The summed E-state index contributed by atoms with van der Waals surface area (Å²) in [5.41, 5.74) is 0. The SMILES string of the molecule is CCCCCCCCC(CCC)S(=O)(=O)Oc1ccccc1. The molecule has 1 aromatic carbocycles. The average molecular weight is 327 g/mol. The van der Waals surface area contributed by atoms with Crippen LogP contribution >= 0.6 is 0 Å². The molecule has 0 amide bonds. The topological polar surface area (TPSA) is 43.4 Å². The maximum atomic E-state index is 12.4. The maximum absolute atomic E-state index is 12.4. The van der Waals surface area contributed by atoms with Gasteiger partial charge in [0.2, 0.25) is 0 Å². The summed E-state index contributed by atoms with van der Waals surface area (Å²) >= 11 is 0. The zero-order valence-electron chi connectivity index (χ0n) is 14.0. The molecular formula is C18H30O3S. The van der Waals surface area contributed by atoms with E-state index in [0.29, 0.717) is 18.6 Å². The van der Waals surface area contributed by atoms with Crippen LogP contribution in [0.25, 0.3) is 0 Å². The molecule has 0 saturated heterocycles. The van der Waals surface area contributed by atoms with E-state index in [9.17, 15) is 8.42 Å². The van der Waals surface area contributed by atoms with Gasteiger partial charge in [-0.15, -0.1) is 0 Å². The smallest absolute Gasteiger partial charge is 0.312 e. The summed E-state index contributed by atoms with van der Waals surface area (Å²) in [5, 5.41) is -0.385. The van der Waals surface area contributed by atoms with Crippen LogP contribution in [0, 0.1) is 0 Å². The molecule has 1 unspecified atom stereocenters. The second kappa shape index (κ2) is 10.7. The Kier molecular flexibility index (Phi) is 9.21. The molecule has 0 radical (unpaired) electrons. The van der Waals surface area contributed by atoms with E-state index in [0.717, 1.165) is 19.3 Å². The van der Waals surface area contributed by atoms with E-state index in [-0.39, 0.29) is 5.25 Å². The molecule has 0 aliphatic heterocycles. The van der Waals surface area contributed by atoms with Gasteiger partial charge in [-0.1, -0.05) is 77.0 Å². The fourth-order valence-electron chi connectivity index (χ4n) is 2.59. The largest absolute Gasteiger partial charge is 0.382 e. The van der Waals surface area contributed by atoms with Crippen molar-refractivity contribution in [3.63, 3.8) is 0 Å². The van der Waals surface area contributed by atoms with Crippen molar-refractivity contribution in [3.8, 4) is 5.75 Å². The molecule has 0 aliphatic rings. The van der Waals surface area contributed by atoms with Crippen LogP contribution in [-0.2, 0) is 10.1 Å². The average Bonchev–Trinajstić information content (AvgIpc) is 2.50. The van der Waals surface area contributed by atoms with Crippen LogP contribution in [-0.4, -0.2) is 13.7 Å². The summed E-state index contributed by atoms with van der Waals surface area (Å²) in [6.07, 6.45) is 9.27. The van der Waals surface area contributed by atoms with Gasteiger partial charge in [-0.3, -0.25) is 0 Å². The van der Waals surface area contributed by atoms with Gasteiger partial charge in [-0.05, 0) is 25.0 Å². The second-order valence-electron chi connectivity index (χ2n) is 5.86. The first-order valence-corrected chi connectivity index (χ1v) is 10.1. The fourth-order valence-corrected chi connectivity index (χ4v) is 4.08. The lowest BCUT2D eigenvalue weighted by Crippen LogP contribution is -2.26. The van der Waals surface area contributed by atoms with Gasteiger partial charge < -0.3 is 4.18 Å². The Morgan fingerprint density at radius 2 is 1.50 bits per heavy atom. The van der Waals surface area contributed by atoms with E-state index in [2.05, 4.69) is 6.92 Å². The van der Waals surface area contributed by atoms with E-state index in [4.69, 9.17) is 4.18 Å². The first-order valence-electron chi connectivity index (χ1n) is 8.58. The second-order valence-corrected chi connectivity index (χ2v) is 7.68. The summed E-state index contributed by atoms with van der Waals surface area (Å²) in [6.45, 7) is 4.22. The van der Waals surface area contributed by atoms with Crippen LogP contribution in [0.5, 0.6) is 5.75 Å². The summed E-state index contributed by atoms with van der Waals surface area (Å²) in [6, 6.07) is 8.79. The number of hydrogen-bond donors (Lipinski definition) is 0. The Balaban J connectivity index is 2.49. The number of unbranched alkanes of at least 4 members (excludes halogenated alkanes) is 5. The van der Waals surface area contributed by atoms with Crippen LogP contribution in [0.4, 0.5) is 0 Å². The summed E-state index contributed by atoms with van der Waals surface area (Å²) in [5.74, 6) is 0.409. The van der Waals surface area contributed by atoms with E-state index in [1.54, 1.807) is 24.3 Å². The van der Waals surface area contributed by atoms with E-state index in [1.165, 1.54) is 25.7 Å². The normalized spacial score (nSPS) is 13.0. The molecule has 0 heterocycles. The molecule has 1 atom stereocenters. The molecular weight excluding hydrogens is 296 g/mol. The molecule has 126 valence electrons. The molecule has 1 aromatic rings. The molecule has 0 bridgehead atoms. The highest BCUT2D eigenvalue weighted by atomic mass is 32.2. The van der Waals surface area contributed by atoms with Crippen molar-refractivity contribution >= 4 is 10.1 Å². The maximum Gasteiger partial charge on any atom is 0.312 e. The van der Waals surface area contributed by atoms with Crippen molar-refractivity contribution in [3.05, 3.63) is 30.3 Å². The molecule has 0 fully saturated rings. The van der Waals surface area contributed by atoms with Crippen LogP contribution in [0.15, 0.2) is 30.3 Å². The Morgan fingerprint density at radius 3 is 2.14 bits per heavy atom. The highest BCUT2D eigenvalue weighted by molar-refractivity contribution is 7.87. The minimum Gasteiger partial charge on any atom is -0.382 e. The minimum absolute atomic E-state index is 0.385.